The van der Waals surface area contributed by atoms with Crippen molar-refractivity contribution in [3.8, 4) is 11.5 Å². The first-order valence-electron chi connectivity index (χ1n) is 9.42. The monoisotopic (exact) mass is 406 g/mol. The predicted molar refractivity (Wildman–Crippen MR) is 102 cm³/mol. The molecule has 8 nitrogen and oxygen atoms in total. The zero-order chi connectivity index (χ0) is 21.2. The van der Waals surface area contributed by atoms with Crippen molar-refractivity contribution in [2.24, 2.45) is 0 Å². The quantitative estimate of drug-likeness (QED) is 0.766. The number of ether oxygens (including phenoxy) is 6. The lowest BCUT2D eigenvalue weighted by Gasteiger charge is -2.55. The van der Waals surface area contributed by atoms with Crippen molar-refractivity contribution >= 4 is 11.5 Å². The molecular weight excluding hydrogens is 380 g/mol. The van der Waals surface area contributed by atoms with Gasteiger partial charge < -0.3 is 33.5 Å². The van der Waals surface area contributed by atoms with Gasteiger partial charge in [-0.15, -0.1) is 0 Å². The minimum atomic E-state index is -1.15. The summed E-state index contributed by atoms with van der Waals surface area (Å²) in [7, 11) is 4.56. The molecule has 1 fully saturated rings. The number of hydrogen-bond donors (Lipinski definition) is 1. The number of rotatable bonds is 3. The lowest BCUT2D eigenvalue weighted by atomic mass is 9.74. The molecule has 5 atom stereocenters. The molecule has 2 heterocycles. The minimum Gasteiger partial charge on any atom is -0.507 e. The van der Waals surface area contributed by atoms with Gasteiger partial charge in [-0.25, -0.2) is 4.79 Å². The summed E-state index contributed by atoms with van der Waals surface area (Å²) < 4.78 is 34.7. The summed E-state index contributed by atoms with van der Waals surface area (Å²) in [6, 6.07) is 3.11. The molecule has 0 saturated carbocycles. The molecule has 1 aliphatic carbocycles. The Bertz CT molecular complexity index is 895. The molecule has 0 bridgehead atoms. The second kappa shape index (κ2) is 6.43. The fraction of sp³-hybridized carbons (Fsp3) is 0.571. The van der Waals surface area contributed by atoms with Gasteiger partial charge in [0.25, 0.3) is 0 Å². The van der Waals surface area contributed by atoms with E-state index in [2.05, 4.69) is 0 Å². The molecule has 0 aromatic heterocycles. The Hall–Kier alpha value is -2.13. The molecule has 0 unspecified atom stereocenters. The molecule has 1 N–H and O–H groups in total. The van der Waals surface area contributed by atoms with E-state index in [4.69, 9.17) is 28.4 Å². The SMILES string of the molecule is COc1cc(O)c2c(c1)C1=C[C@H]3O[C@](C)(OC)[C@@](C)(OC)O[C@@H]3C[C@]1(C)OC2=O. The third-order valence-electron chi connectivity index (χ3n) is 6.34. The number of carbonyl (C=O) groups excluding carboxylic acids is 1. The van der Waals surface area contributed by atoms with Crippen LogP contribution in [0.2, 0.25) is 0 Å². The average Bonchev–Trinajstić information content (AvgIpc) is 2.67. The highest BCUT2D eigenvalue weighted by Crippen LogP contribution is 2.51. The predicted octanol–water partition coefficient (Wildman–Crippen LogP) is 2.63. The van der Waals surface area contributed by atoms with Crippen LogP contribution in [0.3, 0.4) is 0 Å². The van der Waals surface area contributed by atoms with Crippen molar-refractivity contribution in [2.45, 2.75) is 56.6 Å². The smallest absolute Gasteiger partial charge is 0.343 e. The molecule has 2 aliphatic heterocycles. The van der Waals surface area contributed by atoms with Gasteiger partial charge in [0.15, 0.2) is 0 Å². The fourth-order valence-corrected chi connectivity index (χ4v) is 4.38. The number of esters is 1. The van der Waals surface area contributed by atoms with E-state index in [1.165, 1.54) is 27.4 Å². The topological polar surface area (TPSA) is 92.7 Å². The maximum Gasteiger partial charge on any atom is 0.343 e. The average molecular weight is 406 g/mol. The van der Waals surface area contributed by atoms with Crippen molar-refractivity contribution in [2.75, 3.05) is 21.3 Å². The van der Waals surface area contributed by atoms with Crippen LogP contribution in [0.4, 0.5) is 0 Å². The van der Waals surface area contributed by atoms with Crippen molar-refractivity contribution in [3.63, 3.8) is 0 Å². The third kappa shape index (κ3) is 2.78. The molecule has 158 valence electrons. The molecule has 1 aromatic carbocycles. The number of phenolic OH excluding ortho intramolecular Hbond substituents is 1. The first kappa shape index (κ1) is 20.2. The van der Waals surface area contributed by atoms with Gasteiger partial charge in [0.1, 0.15) is 28.8 Å². The van der Waals surface area contributed by atoms with Crippen molar-refractivity contribution in [1.29, 1.82) is 0 Å². The Morgan fingerprint density at radius 2 is 1.72 bits per heavy atom. The number of benzene rings is 1. The number of methoxy groups -OCH3 is 3. The first-order chi connectivity index (χ1) is 13.6. The van der Waals surface area contributed by atoms with E-state index in [9.17, 15) is 9.90 Å². The van der Waals surface area contributed by atoms with Gasteiger partial charge in [0, 0.05) is 37.8 Å². The van der Waals surface area contributed by atoms with Crippen molar-refractivity contribution in [1.82, 2.24) is 0 Å². The summed E-state index contributed by atoms with van der Waals surface area (Å²) in [5.41, 5.74) is 0.441. The summed E-state index contributed by atoms with van der Waals surface area (Å²) in [5, 5.41) is 10.4. The summed E-state index contributed by atoms with van der Waals surface area (Å²) in [6.07, 6.45) is 1.32. The minimum absolute atomic E-state index is 0.112. The summed E-state index contributed by atoms with van der Waals surface area (Å²) in [6.45, 7) is 5.33. The Labute approximate surface area is 169 Å². The Kier molecular flexibility index (Phi) is 4.47. The molecule has 0 radical (unpaired) electrons. The highest BCUT2D eigenvalue weighted by Gasteiger charge is 2.60. The van der Waals surface area contributed by atoms with E-state index in [0.717, 1.165) is 5.57 Å². The van der Waals surface area contributed by atoms with Crippen LogP contribution in [0.1, 0.15) is 43.1 Å². The highest BCUT2D eigenvalue weighted by atomic mass is 16.8. The second-order valence-corrected chi connectivity index (χ2v) is 8.01. The summed E-state index contributed by atoms with van der Waals surface area (Å²) in [4.78, 5) is 12.7. The van der Waals surface area contributed by atoms with Gasteiger partial charge in [0.2, 0.25) is 11.6 Å². The van der Waals surface area contributed by atoms with Crippen LogP contribution in [0.25, 0.3) is 5.57 Å². The molecule has 8 heteroatoms. The number of phenols is 1. The lowest BCUT2D eigenvalue weighted by Crippen LogP contribution is -2.66. The molecule has 3 aliphatic rings. The first-order valence-corrected chi connectivity index (χ1v) is 9.42. The molecule has 4 rings (SSSR count). The van der Waals surface area contributed by atoms with Gasteiger partial charge in [-0.05, 0) is 32.9 Å². The zero-order valence-electron chi connectivity index (χ0n) is 17.4. The largest absolute Gasteiger partial charge is 0.507 e. The fourth-order valence-electron chi connectivity index (χ4n) is 4.38. The Morgan fingerprint density at radius 3 is 2.34 bits per heavy atom. The van der Waals surface area contributed by atoms with Gasteiger partial charge in [0.05, 0.1) is 13.2 Å². The van der Waals surface area contributed by atoms with E-state index in [0.29, 0.717) is 17.7 Å². The van der Waals surface area contributed by atoms with Crippen LogP contribution in [0.15, 0.2) is 18.2 Å². The zero-order valence-corrected chi connectivity index (χ0v) is 17.4. The molecule has 29 heavy (non-hydrogen) atoms. The van der Waals surface area contributed by atoms with E-state index in [1.807, 2.05) is 13.0 Å². The van der Waals surface area contributed by atoms with Crippen LogP contribution >= 0.6 is 0 Å². The Balaban J connectivity index is 1.84. The summed E-state index contributed by atoms with van der Waals surface area (Å²) >= 11 is 0. The van der Waals surface area contributed by atoms with E-state index < -0.39 is 35.4 Å². The molecule has 1 aromatic rings. The maximum atomic E-state index is 12.7. The van der Waals surface area contributed by atoms with Gasteiger partial charge >= 0.3 is 5.97 Å². The van der Waals surface area contributed by atoms with Crippen molar-refractivity contribution in [3.05, 3.63) is 29.3 Å². The molecule has 1 saturated heterocycles. The van der Waals surface area contributed by atoms with Crippen LogP contribution in [0, 0.1) is 0 Å². The van der Waals surface area contributed by atoms with Crippen LogP contribution < -0.4 is 4.74 Å². The maximum absolute atomic E-state index is 12.7. The van der Waals surface area contributed by atoms with E-state index in [-0.39, 0.29) is 11.3 Å². The van der Waals surface area contributed by atoms with Gasteiger partial charge in [-0.1, -0.05) is 0 Å². The molecular formula is C21H26O8. The highest BCUT2D eigenvalue weighted by molar-refractivity contribution is 6.03. The lowest BCUT2D eigenvalue weighted by molar-refractivity contribution is -0.445. The van der Waals surface area contributed by atoms with Crippen LogP contribution in [-0.2, 0) is 23.7 Å². The molecule has 0 spiro atoms. The number of aromatic hydroxyl groups is 1. The Morgan fingerprint density at radius 1 is 1.07 bits per heavy atom. The van der Waals surface area contributed by atoms with Crippen molar-refractivity contribution < 1.29 is 38.3 Å². The van der Waals surface area contributed by atoms with Gasteiger partial charge in [-0.3, -0.25) is 0 Å². The third-order valence-corrected chi connectivity index (χ3v) is 6.34. The number of fused-ring (bicyclic) bond motifs is 4. The van der Waals surface area contributed by atoms with Crippen LogP contribution in [-0.4, -0.2) is 61.8 Å². The molecule has 0 amide bonds. The summed E-state index contributed by atoms with van der Waals surface area (Å²) in [5.74, 6) is -2.65. The second-order valence-electron chi connectivity index (χ2n) is 8.01. The van der Waals surface area contributed by atoms with E-state index in [1.54, 1.807) is 19.9 Å². The van der Waals surface area contributed by atoms with Crippen LogP contribution in [0.5, 0.6) is 11.5 Å². The number of hydrogen-bond acceptors (Lipinski definition) is 8. The standard InChI is InChI=1S/C21H26O8/c1-19-10-16-15(27-20(2,25-5)21(3,26-6)28-16)9-13(19)12-7-11(24-4)8-14(22)17(12)18(23)29-19/h7-9,15-16,22H,10H2,1-6H3/t15-,16-,19+,20+,21+/m1/s1. The number of carbonyl (C=O) groups is 1. The van der Waals surface area contributed by atoms with Gasteiger partial charge in [-0.2, -0.15) is 0 Å². The normalized spacial score (nSPS) is 38.3. The van der Waals surface area contributed by atoms with E-state index >= 15 is 0 Å².